The molecule has 0 aromatic heterocycles. The topological polar surface area (TPSA) is 76.7 Å². The number of alkyl halides is 2. The quantitative estimate of drug-likeness (QED) is 0.662. The van der Waals surface area contributed by atoms with Crippen LogP contribution in [0.3, 0.4) is 0 Å². The molecule has 0 radical (unpaired) electrons. The van der Waals surface area contributed by atoms with E-state index in [1.165, 1.54) is 12.1 Å². The lowest BCUT2D eigenvalue weighted by Gasteiger charge is -2.20. The van der Waals surface area contributed by atoms with Crippen LogP contribution >= 0.6 is 0 Å². The van der Waals surface area contributed by atoms with Crippen molar-refractivity contribution in [3.8, 4) is 5.75 Å². The summed E-state index contributed by atoms with van der Waals surface area (Å²) in [6.07, 6.45) is 0.281. The van der Waals surface area contributed by atoms with E-state index in [0.717, 1.165) is 0 Å². The molecule has 0 spiro atoms. The third-order valence-electron chi connectivity index (χ3n) is 3.41. The first-order valence-electron chi connectivity index (χ1n) is 8.53. The van der Waals surface area contributed by atoms with Crippen LogP contribution in [0.5, 0.6) is 5.75 Å². The zero-order valence-corrected chi connectivity index (χ0v) is 15.3. The van der Waals surface area contributed by atoms with E-state index in [1.807, 2.05) is 13.8 Å². The van der Waals surface area contributed by atoms with Gasteiger partial charge in [0.1, 0.15) is 5.75 Å². The van der Waals surface area contributed by atoms with Crippen LogP contribution in [-0.4, -0.2) is 37.8 Å². The summed E-state index contributed by atoms with van der Waals surface area (Å²) in [5.74, 6) is 0.146. The SMILES string of the molecule is CCOC(=O)NC(CNC(=O)Cc1ccc(OC(F)F)cc1)CC(C)C. The summed E-state index contributed by atoms with van der Waals surface area (Å²) < 4.78 is 33.4. The third-order valence-corrected chi connectivity index (χ3v) is 3.41. The molecule has 0 bridgehead atoms. The summed E-state index contributed by atoms with van der Waals surface area (Å²) in [5.41, 5.74) is 0.669. The monoisotopic (exact) mass is 372 g/mol. The van der Waals surface area contributed by atoms with E-state index in [9.17, 15) is 18.4 Å². The largest absolute Gasteiger partial charge is 0.450 e. The van der Waals surface area contributed by atoms with Crippen LogP contribution in [0.2, 0.25) is 0 Å². The fourth-order valence-corrected chi connectivity index (χ4v) is 2.38. The lowest BCUT2D eigenvalue weighted by molar-refractivity contribution is -0.120. The van der Waals surface area contributed by atoms with Crippen molar-refractivity contribution >= 4 is 12.0 Å². The summed E-state index contributed by atoms with van der Waals surface area (Å²) in [6.45, 7) is 3.43. The fourth-order valence-electron chi connectivity index (χ4n) is 2.38. The average Bonchev–Trinajstić information content (AvgIpc) is 2.54. The maximum atomic E-state index is 12.1. The van der Waals surface area contributed by atoms with Gasteiger partial charge in [0, 0.05) is 12.6 Å². The molecule has 1 aromatic rings. The highest BCUT2D eigenvalue weighted by Crippen LogP contribution is 2.15. The summed E-state index contributed by atoms with van der Waals surface area (Å²) >= 11 is 0. The van der Waals surface area contributed by atoms with E-state index in [0.29, 0.717) is 17.9 Å². The molecule has 0 aliphatic rings. The molecule has 2 N–H and O–H groups in total. The number of alkyl carbamates (subject to hydrolysis) is 1. The number of halogens is 2. The first-order chi connectivity index (χ1) is 12.3. The smallest absolute Gasteiger partial charge is 0.407 e. The van der Waals surface area contributed by atoms with Crippen molar-refractivity contribution in [1.82, 2.24) is 10.6 Å². The van der Waals surface area contributed by atoms with Gasteiger partial charge in [-0.2, -0.15) is 8.78 Å². The van der Waals surface area contributed by atoms with Crippen LogP contribution in [0.15, 0.2) is 24.3 Å². The van der Waals surface area contributed by atoms with Gasteiger partial charge >= 0.3 is 12.7 Å². The number of hydrogen-bond donors (Lipinski definition) is 2. The molecule has 1 aromatic carbocycles. The van der Waals surface area contributed by atoms with Crippen LogP contribution in [0.4, 0.5) is 13.6 Å². The first kappa shape index (κ1) is 21.7. The molecule has 0 aliphatic carbocycles. The number of amides is 2. The molecule has 146 valence electrons. The summed E-state index contributed by atoms with van der Waals surface area (Å²) in [6, 6.07) is 5.65. The molecule has 1 rings (SSSR count). The minimum absolute atomic E-state index is 0.0415. The van der Waals surface area contributed by atoms with Crippen LogP contribution in [-0.2, 0) is 16.0 Å². The zero-order valence-electron chi connectivity index (χ0n) is 15.3. The molecular weight excluding hydrogens is 346 g/mol. The predicted molar refractivity (Wildman–Crippen MR) is 93.2 cm³/mol. The van der Waals surface area contributed by atoms with Gasteiger partial charge in [0.2, 0.25) is 5.91 Å². The second-order valence-electron chi connectivity index (χ2n) is 6.19. The Morgan fingerprint density at radius 2 is 1.81 bits per heavy atom. The Hall–Kier alpha value is -2.38. The molecule has 0 aliphatic heterocycles. The molecule has 26 heavy (non-hydrogen) atoms. The molecule has 0 saturated heterocycles. The Labute approximate surface area is 152 Å². The van der Waals surface area contributed by atoms with E-state index >= 15 is 0 Å². The molecule has 8 heteroatoms. The first-order valence-corrected chi connectivity index (χ1v) is 8.53. The van der Waals surface area contributed by atoms with Crippen molar-refractivity contribution in [2.75, 3.05) is 13.2 Å². The molecule has 0 heterocycles. The Bertz CT molecular complexity index is 565. The lowest BCUT2D eigenvalue weighted by Crippen LogP contribution is -2.44. The van der Waals surface area contributed by atoms with Crippen LogP contribution in [0.1, 0.15) is 32.8 Å². The fraction of sp³-hybridized carbons (Fsp3) is 0.556. The van der Waals surface area contributed by atoms with Crippen molar-refractivity contribution in [1.29, 1.82) is 0 Å². The normalized spacial score (nSPS) is 12.0. The molecule has 1 atom stereocenters. The maximum absolute atomic E-state index is 12.1. The van der Waals surface area contributed by atoms with E-state index in [4.69, 9.17) is 4.74 Å². The molecule has 0 fully saturated rings. The van der Waals surface area contributed by atoms with Gasteiger partial charge in [0.25, 0.3) is 0 Å². The number of carbonyl (C=O) groups excluding carboxylic acids is 2. The molecule has 0 saturated carbocycles. The maximum Gasteiger partial charge on any atom is 0.407 e. The Morgan fingerprint density at radius 3 is 2.35 bits per heavy atom. The predicted octanol–water partition coefficient (Wildman–Crippen LogP) is 3.11. The highest BCUT2D eigenvalue weighted by atomic mass is 19.3. The molecular formula is C18H26F2N2O4. The highest BCUT2D eigenvalue weighted by molar-refractivity contribution is 5.78. The Balaban J connectivity index is 2.49. The van der Waals surface area contributed by atoms with Crippen molar-refractivity contribution < 1.29 is 27.8 Å². The number of ether oxygens (including phenoxy) is 2. The standard InChI is InChI=1S/C18H26F2N2O4/c1-4-25-18(24)22-14(9-12(2)3)11-21-16(23)10-13-5-7-15(8-6-13)26-17(19)20/h5-8,12,14,17H,4,9-11H2,1-3H3,(H,21,23)(H,22,24). The minimum atomic E-state index is -2.88. The van der Waals surface area contributed by atoms with E-state index in [1.54, 1.807) is 19.1 Å². The number of nitrogens with one attached hydrogen (secondary N) is 2. The van der Waals surface area contributed by atoms with Crippen LogP contribution in [0.25, 0.3) is 0 Å². The summed E-state index contributed by atoms with van der Waals surface area (Å²) in [7, 11) is 0. The van der Waals surface area contributed by atoms with Gasteiger partial charge in [-0.25, -0.2) is 4.79 Å². The van der Waals surface area contributed by atoms with E-state index in [2.05, 4.69) is 15.4 Å². The minimum Gasteiger partial charge on any atom is -0.450 e. The van der Waals surface area contributed by atoms with Gasteiger partial charge in [0.05, 0.1) is 13.0 Å². The Morgan fingerprint density at radius 1 is 1.15 bits per heavy atom. The van der Waals surface area contributed by atoms with Crippen molar-refractivity contribution in [3.05, 3.63) is 29.8 Å². The average molecular weight is 372 g/mol. The van der Waals surface area contributed by atoms with Crippen molar-refractivity contribution in [2.45, 2.75) is 46.3 Å². The van der Waals surface area contributed by atoms with Gasteiger partial charge in [-0.05, 0) is 37.0 Å². The Kier molecular flexibility index (Phi) is 9.40. The van der Waals surface area contributed by atoms with Gasteiger partial charge < -0.3 is 20.1 Å². The molecule has 2 amide bonds. The number of benzene rings is 1. The van der Waals surface area contributed by atoms with Gasteiger partial charge in [-0.1, -0.05) is 26.0 Å². The number of carbonyl (C=O) groups is 2. The number of hydrogen-bond acceptors (Lipinski definition) is 4. The zero-order chi connectivity index (χ0) is 19.5. The molecule has 6 nitrogen and oxygen atoms in total. The second-order valence-corrected chi connectivity index (χ2v) is 6.19. The van der Waals surface area contributed by atoms with Gasteiger partial charge in [-0.3, -0.25) is 4.79 Å². The van der Waals surface area contributed by atoms with Crippen molar-refractivity contribution in [3.63, 3.8) is 0 Å². The summed E-state index contributed by atoms with van der Waals surface area (Å²) in [4.78, 5) is 23.6. The van der Waals surface area contributed by atoms with Crippen molar-refractivity contribution in [2.24, 2.45) is 5.92 Å². The summed E-state index contributed by atoms with van der Waals surface area (Å²) in [5, 5.41) is 5.50. The second kappa shape index (κ2) is 11.3. The van der Waals surface area contributed by atoms with Crippen LogP contribution < -0.4 is 15.4 Å². The highest BCUT2D eigenvalue weighted by Gasteiger charge is 2.16. The van der Waals surface area contributed by atoms with Crippen LogP contribution in [0, 0.1) is 5.92 Å². The van der Waals surface area contributed by atoms with Gasteiger partial charge in [-0.15, -0.1) is 0 Å². The third kappa shape index (κ3) is 9.19. The number of rotatable bonds is 10. The molecule has 1 unspecified atom stereocenters. The van der Waals surface area contributed by atoms with E-state index < -0.39 is 12.7 Å². The lowest BCUT2D eigenvalue weighted by atomic mass is 10.0. The van der Waals surface area contributed by atoms with E-state index in [-0.39, 0.29) is 37.3 Å². The van der Waals surface area contributed by atoms with Gasteiger partial charge in [0.15, 0.2) is 0 Å².